The molecule has 1 saturated heterocycles. The predicted molar refractivity (Wildman–Crippen MR) is 204 cm³/mol. The molecule has 1 aliphatic rings. The number of ether oxygens (including phenoxy) is 4. The van der Waals surface area contributed by atoms with Gasteiger partial charge in [0.1, 0.15) is 24.9 Å². The Morgan fingerprint density at radius 1 is 0.529 bits per heavy atom. The molecule has 302 valence electrons. The monoisotopic (exact) mass is 729 g/mol. The highest BCUT2D eigenvalue weighted by Crippen LogP contribution is 2.19. The lowest BCUT2D eigenvalue weighted by Gasteiger charge is -2.35. The molecule has 5 atom stereocenters. The fourth-order valence-corrected chi connectivity index (χ4v) is 6.67. The van der Waals surface area contributed by atoms with Crippen LogP contribution in [-0.2, 0) is 28.5 Å². The van der Waals surface area contributed by atoms with Crippen molar-refractivity contribution in [2.24, 2.45) is 0 Å². The predicted octanol–water partition coefficient (Wildman–Crippen LogP) is 9.64. The van der Waals surface area contributed by atoms with E-state index in [-0.39, 0.29) is 38.2 Å². The first-order valence-electron chi connectivity index (χ1n) is 21.5. The quantitative estimate of drug-likeness (QED) is 0.0426. The second kappa shape index (κ2) is 34.5. The summed E-state index contributed by atoms with van der Waals surface area (Å²) in [6.07, 6.45) is 29.2. The Kier molecular flexibility index (Phi) is 32.3. The van der Waals surface area contributed by atoms with Crippen LogP contribution in [-0.4, -0.2) is 77.8 Å². The Bertz CT molecular complexity index is 794. The summed E-state index contributed by atoms with van der Waals surface area (Å²) in [7, 11) is 0. The molecule has 0 bridgehead atoms. The van der Waals surface area contributed by atoms with Crippen molar-refractivity contribution in [3.8, 4) is 0 Å². The van der Waals surface area contributed by atoms with E-state index in [4.69, 9.17) is 18.9 Å². The van der Waals surface area contributed by atoms with E-state index in [0.29, 0.717) is 6.42 Å². The Balaban J connectivity index is 2.24. The first-order chi connectivity index (χ1) is 24.9. The SMILES string of the molecule is CCCCCCCCCCCCCCCCC(=O)OC[C@H](CO[C@@H]1OC[C@@H](O)[C@H](O)[C@H]1O)OC(=O)CCCCCCCCCCCCCCCC. The lowest BCUT2D eigenvalue weighted by atomic mass is 10.0. The smallest absolute Gasteiger partial charge is 0.306 e. The molecule has 1 fully saturated rings. The maximum absolute atomic E-state index is 12.7. The number of unbranched alkanes of at least 4 members (excludes halogenated alkanes) is 26. The van der Waals surface area contributed by atoms with Crippen molar-refractivity contribution in [1.29, 1.82) is 0 Å². The van der Waals surface area contributed by atoms with Crippen molar-refractivity contribution in [2.45, 2.75) is 237 Å². The van der Waals surface area contributed by atoms with Gasteiger partial charge < -0.3 is 34.3 Å². The summed E-state index contributed by atoms with van der Waals surface area (Å²) in [5.41, 5.74) is 0. The number of aliphatic hydroxyl groups is 3. The van der Waals surface area contributed by atoms with Crippen molar-refractivity contribution >= 4 is 11.9 Å². The van der Waals surface area contributed by atoms with Gasteiger partial charge >= 0.3 is 11.9 Å². The highest BCUT2D eigenvalue weighted by atomic mass is 16.7. The summed E-state index contributed by atoms with van der Waals surface area (Å²) < 4.78 is 22.0. The fraction of sp³-hybridized carbons (Fsp3) is 0.952. The molecule has 0 aromatic rings. The summed E-state index contributed by atoms with van der Waals surface area (Å²) in [6.45, 7) is 3.98. The van der Waals surface area contributed by atoms with Crippen LogP contribution in [0.15, 0.2) is 0 Å². The van der Waals surface area contributed by atoms with Crippen LogP contribution in [0.4, 0.5) is 0 Å². The molecule has 1 rings (SSSR count). The lowest BCUT2D eigenvalue weighted by Crippen LogP contribution is -2.54. The van der Waals surface area contributed by atoms with E-state index in [1.54, 1.807) is 0 Å². The van der Waals surface area contributed by atoms with Crippen LogP contribution in [0.25, 0.3) is 0 Å². The van der Waals surface area contributed by atoms with Crippen molar-refractivity contribution < 1.29 is 43.9 Å². The van der Waals surface area contributed by atoms with E-state index < -0.39 is 30.7 Å². The van der Waals surface area contributed by atoms with Crippen molar-refractivity contribution in [1.82, 2.24) is 0 Å². The average Bonchev–Trinajstić information content (AvgIpc) is 3.12. The van der Waals surface area contributed by atoms with Gasteiger partial charge in [-0.25, -0.2) is 0 Å². The number of hydrogen-bond donors (Lipinski definition) is 3. The molecule has 0 saturated carbocycles. The highest BCUT2D eigenvalue weighted by molar-refractivity contribution is 5.70. The van der Waals surface area contributed by atoms with Crippen LogP contribution in [0.3, 0.4) is 0 Å². The maximum Gasteiger partial charge on any atom is 0.306 e. The van der Waals surface area contributed by atoms with Crippen molar-refractivity contribution in [3.63, 3.8) is 0 Å². The minimum atomic E-state index is -1.46. The Morgan fingerprint density at radius 2 is 0.902 bits per heavy atom. The van der Waals surface area contributed by atoms with Gasteiger partial charge in [0.15, 0.2) is 12.4 Å². The molecule has 9 nitrogen and oxygen atoms in total. The molecular formula is C42H80O9. The average molecular weight is 729 g/mol. The lowest BCUT2D eigenvalue weighted by molar-refractivity contribution is -0.275. The molecular weight excluding hydrogens is 648 g/mol. The Labute approximate surface area is 312 Å². The number of esters is 2. The zero-order chi connectivity index (χ0) is 37.2. The Hall–Kier alpha value is -1.26. The minimum absolute atomic E-state index is 0.157. The molecule has 1 aliphatic heterocycles. The molecule has 51 heavy (non-hydrogen) atoms. The first kappa shape index (κ1) is 47.8. The molecule has 0 spiro atoms. The van der Waals surface area contributed by atoms with Gasteiger partial charge in [0, 0.05) is 12.8 Å². The van der Waals surface area contributed by atoms with E-state index in [1.807, 2.05) is 0 Å². The van der Waals surface area contributed by atoms with Gasteiger partial charge in [0.25, 0.3) is 0 Å². The number of carbonyl (C=O) groups excluding carboxylic acids is 2. The molecule has 0 radical (unpaired) electrons. The normalized spacial score (nSPS) is 19.6. The molecule has 1 heterocycles. The van der Waals surface area contributed by atoms with Gasteiger partial charge in [-0.3, -0.25) is 9.59 Å². The third-order valence-electron chi connectivity index (χ3n) is 10.1. The van der Waals surface area contributed by atoms with Gasteiger partial charge in [-0.1, -0.05) is 181 Å². The number of rotatable bonds is 36. The molecule has 0 unspecified atom stereocenters. The number of carbonyl (C=O) groups is 2. The van der Waals surface area contributed by atoms with Gasteiger partial charge in [-0.2, -0.15) is 0 Å². The molecule has 0 aliphatic carbocycles. The minimum Gasteiger partial charge on any atom is -0.462 e. The van der Waals surface area contributed by atoms with E-state index in [9.17, 15) is 24.9 Å². The molecule has 9 heteroatoms. The zero-order valence-corrected chi connectivity index (χ0v) is 33.0. The summed E-state index contributed by atoms with van der Waals surface area (Å²) in [4.78, 5) is 25.2. The number of aliphatic hydroxyl groups excluding tert-OH is 3. The second-order valence-corrected chi connectivity index (χ2v) is 15.1. The third kappa shape index (κ3) is 27.9. The van der Waals surface area contributed by atoms with Gasteiger partial charge in [-0.05, 0) is 12.8 Å². The summed E-state index contributed by atoms with van der Waals surface area (Å²) in [5.74, 6) is -0.722. The number of hydrogen-bond acceptors (Lipinski definition) is 9. The van der Waals surface area contributed by atoms with Crippen LogP contribution < -0.4 is 0 Å². The summed E-state index contributed by atoms with van der Waals surface area (Å²) in [6, 6.07) is 0. The fourth-order valence-electron chi connectivity index (χ4n) is 6.67. The highest BCUT2D eigenvalue weighted by Gasteiger charge is 2.38. The summed E-state index contributed by atoms with van der Waals surface area (Å²) in [5, 5.41) is 29.9. The molecule has 0 aromatic heterocycles. The van der Waals surface area contributed by atoms with Crippen LogP contribution >= 0.6 is 0 Å². The standard InChI is InChI=1S/C42H80O9/c1-3-5-7-9-11-13-15-17-19-21-23-25-27-29-31-38(44)48-33-36(34-49-42-41(47)40(46)37(43)35-50-42)51-39(45)32-30-28-26-24-22-20-18-16-14-12-10-8-6-4-2/h36-37,40-43,46-47H,3-35H2,1-2H3/t36-,37-,40+,41-,42-/m1/s1. The largest absolute Gasteiger partial charge is 0.462 e. The first-order valence-corrected chi connectivity index (χ1v) is 21.5. The van der Waals surface area contributed by atoms with Gasteiger partial charge in [-0.15, -0.1) is 0 Å². The Morgan fingerprint density at radius 3 is 1.31 bits per heavy atom. The molecule has 0 aromatic carbocycles. The maximum atomic E-state index is 12.7. The van der Waals surface area contributed by atoms with Gasteiger partial charge in [0.2, 0.25) is 0 Å². The van der Waals surface area contributed by atoms with E-state index in [0.717, 1.165) is 38.5 Å². The third-order valence-corrected chi connectivity index (χ3v) is 10.1. The van der Waals surface area contributed by atoms with Gasteiger partial charge in [0.05, 0.1) is 13.2 Å². The van der Waals surface area contributed by atoms with E-state index >= 15 is 0 Å². The van der Waals surface area contributed by atoms with Crippen molar-refractivity contribution in [3.05, 3.63) is 0 Å². The molecule has 0 amide bonds. The van der Waals surface area contributed by atoms with E-state index in [1.165, 1.54) is 141 Å². The topological polar surface area (TPSA) is 132 Å². The summed E-state index contributed by atoms with van der Waals surface area (Å²) >= 11 is 0. The van der Waals surface area contributed by atoms with Crippen LogP contribution in [0, 0.1) is 0 Å². The zero-order valence-electron chi connectivity index (χ0n) is 33.0. The van der Waals surface area contributed by atoms with Crippen LogP contribution in [0.5, 0.6) is 0 Å². The second-order valence-electron chi connectivity index (χ2n) is 15.1. The van der Waals surface area contributed by atoms with Crippen molar-refractivity contribution in [2.75, 3.05) is 19.8 Å². The molecule has 3 N–H and O–H groups in total. The van der Waals surface area contributed by atoms with E-state index in [2.05, 4.69) is 13.8 Å². The van der Waals surface area contributed by atoms with Crippen LogP contribution in [0.1, 0.15) is 206 Å². The van der Waals surface area contributed by atoms with Crippen LogP contribution in [0.2, 0.25) is 0 Å².